The van der Waals surface area contributed by atoms with Crippen molar-refractivity contribution in [2.24, 2.45) is 0 Å². The summed E-state index contributed by atoms with van der Waals surface area (Å²) in [4.78, 5) is 12.1. The van der Waals surface area contributed by atoms with Crippen LogP contribution in [0.3, 0.4) is 0 Å². The summed E-state index contributed by atoms with van der Waals surface area (Å²) in [5.74, 6) is 1.16. The fraction of sp³-hybridized carbons (Fsp3) is 0.188. The fourth-order valence-electron chi connectivity index (χ4n) is 1.61. The molecule has 0 amide bonds. The molecule has 2 aromatic rings. The zero-order chi connectivity index (χ0) is 14.2. The zero-order valence-electron chi connectivity index (χ0n) is 10.9. The highest BCUT2D eigenvalue weighted by Crippen LogP contribution is 2.20. The Morgan fingerprint density at radius 1 is 1.05 bits per heavy atom. The maximum atomic E-state index is 12.1. The van der Waals surface area contributed by atoms with Gasteiger partial charge in [0, 0.05) is 11.4 Å². The summed E-state index contributed by atoms with van der Waals surface area (Å²) in [6.07, 6.45) is 0. The minimum Gasteiger partial charge on any atom is -0.492 e. The van der Waals surface area contributed by atoms with Crippen LogP contribution in [0.2, 0.25) is 0 Å². The molecule has 4 heteroatoms. The number of ether oxygens (including phenoxy) is 1. The van der Waals surface area contributed by atoms with Crippen LogP contribution < -0.4 is 4.74 Å². The van der Waals surface area contributed by atoms with Gasteiger partial charge in [-0.1, -0.05) is 60.3 Å². The monoisotopic (exact) mass is 306 g/mol. The van der Waals surface area contributed by atoms with Crippen molar-refractivity contribution in [3.05, 3.63) is 66.2 Å². The number of para-hydroxylation sites is 1. The van der Waals surface area contributed by atoms with E-state index in [1.54, 1.807) is 12.1 Å². The van der Waals surface area contributed by atoms with Crippen LogP contribution in [-0.2, 0) is 0 Å². The van der Waals surface area contributed by atoms with Gasteiger partial charge in [-0.15, -0.1) is 11.6 Å². The van der Waals surface area contributed by atoms with E-state index in [1.165, 1.54) is 11.8 Å². The van der Waals surface area contributed by atoms with Crippen molar-refractivity contribution in [1.29, 1.82) is 0 Å². The Labute approximate surface area is 128 Å². The number of thioether (sulfide) groups is 1. The van der Waals surface area contributed by atoms with E-state index in [-0.39, 0.29) is 10.4 Å². The molecule has 104 valence electrons. The maximum Gasteiger partial charge on any atom is 0.219 e. The lowest BCUT2D eigenvalue weighted by atomic mass is 10.2. The van der Waals surface area contributed by atoms with Crippen molar-refractivity contribution in [3.8, 4) is 5.75 Å². The topological polar surface area (TPSA) is 26.3 Å². The third-order valence-electron chi connectivity index (χ3n) is 2.63. The van der Waals surface area contributed by atoms with Crippen LogP contribution >= 0.6 is 23.4 Å². The fourth-order valence-corrected chi connectivity index (χ4v) is 2.66. The summed E-state index contributed by atoms with van der Waals surface area (Å²) < 4.78 is 5.64. The molecule has 2 rings (SSSR count). The number of rotatable bonds is 6. The Morgan fingerprint density at radius 2 is 1.65 bits per heavy atom. The predicted octanol–water partition coefficient (Wildman–Crippen LogP) is 4.25. The number of carbonyl (C=O) groups is 1. The second-order valence-electron chi connectivity index (χ2n) is 4.17. The molecule has 1 atom stereocenters. The number of hydrogen-bond acceptors (Lipinski definition) is 3. The summed E-state index contributed by atoms with van der Waals surface area (Å²) in [5, 5.41) is -0.0440. The van der Waals surface area contributed by atoms with Crippen molar-refractivity contribution < 1.29 is 9.53 Å². The van der Waals surface area contributed by atoms with E-state index in [1.807, 2.05) is 48.5 Å². The normalized spacial score (nSPS) is 11.8. The standard InChI is InChI=1S/C16H15ClO2S/c17-11-15(12-19-14-9-5-2-6-10-14)20-16(18)13-7-3-1-4-8-13/h1-10,15H,11-12H2. The Kier molecular flexibility index (Phi) is 5.96. The second kappa shape index (κ2) is 7.98. The van der Waals surface area contributed by atoms with E-state index in [0.29, 0.717) is 18.1 Å². The van der Waals surface area contributed by atoms with Crippen molar-refractivity contribution in [1.82, 2.24) is 0 Å². The van der Waals surface area contributed by atoms with Gasteiger partial charge < -0.3 is 4.74 Å². The number of alkyl halides is 1. The summed E-state index contributed by atoms with van der Waals surface area (Å²) in [7, 11) is 0. The molecular weight excluding hydrogens is 292 g/mol. The van der Waals surface area contributed by atoms with Crippen LogP contribution in [0.15, 0.2) is 60.7 Å². The molecule has 0 bridgehead atoms. The Bertz CT molecular complexity index is 531. The molecule has 0 saturated heterocycles. The second-order valence-corrected chi connectivity index (χ2v) is 5.75. The van der Waals surface area contributed by atoms with E-state index in [2.05, 4.69) is 0 Å². The average molecular weight is 307 g/mol. The lowest BCUT2D eigenvalue weighted by Crippen LogP contribution is -2.18. The number of carbonyl (C=O) groups excluding carboxylic acids is 1. The summed E-state index contributed by atoms with van der Waals surface area (Å²) >= 11 is 7.13. The van der Waals surface area contributed by atoms with Gasteiger partial charge in [0.15, 0.2) is 0 Å². The highest BCUT2D eigenvalue weighted by molar-refractivity contribution is 8.14. The molecule has 0 aromatic heterocycles. The molecule has 2 nitrogen and oxygen atoms in total. The van der Waals surface area contributed by atoms with Crippen LogP contribution in [-0.4, -0.2) is 22.9 Å². The van der Waals surface area contributed by atoms with E-state index < -0.39 is 0 Å². The molecule has 1 unspecified atom stereocenters. The van der Waals surface area contributed by atoms with Crippen LogP contribution in [0.25, 0.3) is 0 Å². The van der Waals surface area contributed by atoms with Gasteiger partial charge >= 0.3 is 0 Å². The molecule has 0 saturated carbocycles. The summed E-state index contributed by atoms with van der Waals surface area (Å²) in [6.45, 7) is 0.413. The van der Waals surface area contributed by atoms with Gasteiger partial charge in [0.25, 0.3) is 0 Å². The molecule has 2 aromatic carbocycles. The Morgan fingerprint density at radius 3 is 2.25 bits per heavy atom. The third-order valence-corrected chi connectivity index (χ3v) is 4.28. The van der Waals surface area contributed by atoms with Crippen LogP contribution in [0.5, 0.6) is 5.75 Å². The van der Waals surface area contributed by atoms with Crippen molar-refractivity contribution in [2.45, 2.75) is 5.25 Å². The highest BCUT2D eigenvalue weighted by Gasteiger charge is 2.16. The first kappa shape index (κ1) is 14.9. The molecule has 0 N–H and O–H groups in total. The first-order chi connectivity index (χ1) is 9.79. The summed E-state index contributed by atoms with van der Waals surface area (Å²) in [6, 6.07) is 18.7. The first-order valence-corrected chi connectivity index (χ1v) is 7.71. The van der Waals surface area contributed by atoms with Crippen LogP contribution in [0, 0.1) is 0 Å². The molecular formula is C16H15ClO2S. The molecule has 0 aliphatic carbocycles. The molecule has 0 heterocycles. The lowest BCUT2D eigenvalue weighted by molar-refractivity contribution is 0.108. The predicted molar refractivity (Wildman–Crippen MR) is 84.8 cm³/mol. The molecule has 0 fully saturated rings. The number of halogens is 1. The average Bonchev–Trinajstić information content (AvgIpc) is 2.53. The van der Waals surface area contributed by atoms with Crippen molar-refractivity contribution in [2.75, 3.05) is 12.5 Å². The van der Waals surface area contributed by atoms with E-state index in [0.717, 1.165) is 5.75 Å². The Balaban J connectivity index is 1.88. The van der Waals surface area contributed by atoms with Gasteiger partial charge in [-0.05, 0) is 12.1 Å². The van der Waals surface area contributed by atoms with Crippen molar-refractivity contribution in [3.63, 3.8) is 0 Å². The van der Waals surface area contributed by atoms with Gasteiger partial charge in [0.1, 0.15) is 12.4 Å². The molecule has 20 heavy (non-hydrogen) atoms. The van der Waals surface area contributed by atoms with Crippen molar-refractivity contribution >= 4 is 28.5 Å². The largest absolute Gasteiger partial charge is 0.492 e. The third kappa shape index (κ3) is 4.58. The number of hydrogen-bond donors (Lipinski definition) is 0. The first-order valence-electron chi connectivity index (χ1n) is 6.29. The Hall–Kier alpha value is -1.45. The van der Waals surface area contributed by atoms with E-state index in [9.17, 15) is 4.79 Å². The van der Waals surface area contributed by atoms with E-state index >= 15 is 0 Å². The van der Waals surface area contributed by atoms with Gasteiger partial charge in [0.05, 0.1) is 5.25 Å². The van der Waals surface area contributed by atoms with Gasteiger partial charge in [-0.2, -0.15) is 0 Å². The quantitative estimate of drug-likeness (QED) is 0.746. The molecule has 0 aliphatic heterocycles. The zero-order valence-corrected chi connectivity index (χ0v) is 12.4. The minimum atomic E-state index is -0.0652. The summed E-state index contributed by atoms with van der Waals surface area (Å²) in [5.41, 5.74) is 0.687. The highest BCUT2D eigenvalue weighted by atomic mass is 35.5. The van der Waals surface area contributed by atoms with Crippen LogP contribution in [0.4, 0.5) is 0 Å². The van der Waals surface area contributed by atoms with Crippen LogP contribution in [0.1, 0.15) is 10.4 Å². The number of benzene rings is 2. The van der Waals surface area contributed by atoms with Gasteiger partial charge in [-0.3, -0.25) is 4.79 Å². The van der Waals surface area contributed by atoms with Gasteiger partial charge in [-0.25, -0.2) is 0 Å². The SMILES string of the molecule is O=C(SC(CCl)COc1ccccc1)c1ccccc1. The molecule has 0 radical (unpaired) electrons. The lowest BCUT2D eigenvalue weighted by Gasteiger charge is -2.14. The molecule has 0 aliphatic rings. The van der Waals surface area contributed by atoms with E-state index in [4.69, 9.17) is 16.3 Å². The van der Waals surface area contributed by atoms with Gasteiger partial charge in [0.2, 0.25) is 5.12 Å². The maximum absolute atomic E-state index is 12.1. The minimum absolute atomic E-state index is 0.0212. The molecule has 0 spiro atoms. The smallest absolute Gasteiger partial charge is 0.219 e.